The molecule has 40 heavy (non-hydrogen) atoms. The second kappa shape index (κ2) is 14.0. The molecule has 0 aliphatic heterocycles. The fourth-order valence-corrected chi connectivity index (χ4v) is 6.04. The van der Waals surface area contributed by atoms with Crippen LogP contribution in [0.5, 0.6) is 0 Å². The van der Waals surface area contributed by atoms with Crippen LogP contribution in [0.3, 0.4) is 0 Å². The Morgan fingerprint density at radius 2 is 1.57 bits per heavy atom. The lowest BCUT2D eigenvalue weighted by molar-refractivity contribution is -0.139. The first-order valence-corrected chi connectivity index (χ1v) is 15.3. The zero-order chi connectivity index (χ0) is 29.4. The molecule has 10 heteroatoms. The summed E-state index contributed by atoms with van der Waals surface area (Å²) in [4.78, 5) is 28.5. The van der Waals surface area contributed by atoms with Gasteiger partial charge in [0.05, 0.1) is 20.6 Å². The first-order valence-electron chi connectivity index (χ1n) is 13.1. The van der Waals surface area contributed by atoms with Crippen LogP contribution in [-0.4, -0.2) is 44.3 Å². The van der Waals surface area contributed by atoms with Gasteiger partial charge in [0.25, 0.3) is 10.0 Å². The summed E-state index contributed by atoms with van der Waals surface area (Å²) < 4.78 is 28.9. The van der Waals surface area contributed by atoms with Crippen LogP contribution in [-0.2, 0) is 26.2 Å². The van der Waals surface area contributed by atoms with E-state index in [9.17, 15) is 18.0 Å². The Kier molecular flexibility index (Phi) is 11.0. The average Bonchev–Trinajstić information content (AvgIpc) is 2.91. The molecule has 7 nitrogen and oxygen atoms in total. The van der Waals surface area contributed by atoms with Crippen molar-refractivity contribution in [2.75, 3.05) is 17.4 Å². The maximum atomic E-state index is 14.0. The Hall–Kier alpha value is -3.07. The van der Waals surface area contributed by atoms with Gasteiger partial charge in [-0.1, -0.05) is 66.9 Å². The van der Waals surface area contributed by atoms with E-state index in [0.717, 1.165) is 28.3 Å². The first-order chi connectivity index (χ1) is 18.9. The lowest BCUT2D eigenvalue weighted by Gasteiger charge is -2.32. The van der Waals surface area contributed by atoms with Gasteiger partial charge in [-0.15, -0.1) is 0 Å². The number of halogens is 2. The number of amides is 2. The molecular formula is C30H35Cl2N3O4S. The van der Waals surface area contributed by atoms with Crippen molar-refractivity contribution in [2.24, 2.45) is 0 Å². The average molecular weight is 605 g/mol. The Bertz CT molecular complexity index is 1430. The lowest BCUT2D eigenvalue weighted by Crippen LogP contribution is -2.51. The van der Waals surface area contributed by atoms with Gasteiger partial charge in [-0.3, -0.25) is 13.9 Å². The summed E-state index contributed by atoms with van der Waals surface area (Å²) in [5, 5.41) is 3.55. The summed E-state index contributed by atoms with van der Waals surface area (Å²) in [6.45, 7) is 7.38. The van der Waals surface area contributed by atoms with E-state index in [2.05, 4.69) is 5.32 Å². The van der Waals surface area contributed by atoms with E-state index in [1.165, 1.54) is 17.0 Å². The van der Waals surface area contributed by atoms with Crippen molar-refractivity contribution in [3.05, 3.63) is 93.5 Å². The highest BCUT2D eigenvalue weighted by atomic mass is 35.5. The van der Waals surface area contributed by atoms with E-state index in [1.807, 2.05) is 26.8 Å². The molecule has 3 aromatic rings. The van der Waals surface area contributed by atoms with Crippen molar-refractivity contribution in [2.45, 2.75) is 58.0 Å². The van der Waals surface area contributed by atoms with Crippen LogP contribution in [0.4, 0.5) is 5.69 Å². The van der Waals surface area contributed by atoms with Crippen LogP contribution in [0.1, 0.15) is 43.4 Å². The van der Waals surface area contributed by atoms with Crippen LogP contribution < -0.4 is 9.62 Å². The van der Waals surface area contributed by atoms with Gasteiger partial charge in [-0.05, 0) is 80.3 Å². The number of aryl methyl sites for hydroxylation is 2. The minimum atomic E-state index is -4.12. The summed E-state index contributed by atoms with van der Waals surface area (Å²) in [6, 6.07) is 17.5. The molecule has 214 valence electrons. The molecule has 0 aliphatic rings. The molecule has 1 atom stereocenters. The normalized spacial score (nSPS) is 12.1. The van der Waals surface area contributed by atoms with E-state index in [1.54, 1.807) is 55.5 Å². The fraction of sp³-hybridized carbons (Fsp3) is 0.333. The van der Waals surface area contributed by atoms with Gasteiger partial charge in [0.2, 0.25) is 11.8 Å². The summed E-state index contributed by atoms with van der Waals surface area (Å²) in [7, 11) is -4.12. The third-order valence-corrected chi connectivity index (χ3v) is 8.97. The molecule has 0 bridgehead atoms. The van der Waals surface area contributed by atoms with E-state index in [0.29, 0.717) is 27.8 Å². The lowest BCUT2D eigenvalue weighted by atomic mass is 10.1. The molecule has 3 aromatic carbocycles. The van der Waals surface area contributed by atoms with Crippen molar-refractivity contribution in [3.63, 3.8) is 0 Å². The number of anilines is 1. The fourth-order valence-electron chi connectivity index (χ4n) is 4.30. The Morgan fingerprint density at radius 3 is 2.17 bits per heavy atom. The van der Waals surface area contributed by atoms with Gasteiger partial charge in [-0.25, -0.2) is 8.42 Å². The topological polar surface area (TPSA) is 86.8 Å². The van der Waals surface area contributed by atoms with Gasteiger partial charge >= 0.3 is 0 Å². The van der Waals surface area contributed by atoms with Crippen LogP contribution in [0.2, 0.25) is 10.0 Å². The maximum absolute atomic E-state index is 14.0. The molecule has 1 N–H and O–H groups in total. The van der Waals surface area contributed by atoms with Crippen molar-refractivity contribution < 1.29 is 18.0 Å². The van der Waals surface area contributed by atoms with Gasteiger partial charge in [0.1, 0.15) is 12.6 Å². The summed E-state index contributed by atoms with van der Waals surface area (Å²) in [5.41, 5.74) is 2.73. The van der Waals surface area contributed by atoms with Crippen LogP contribution in [0.25, 0.3) is 0 Å². The number of carbonyl (C=O) groups excluding carboxylic acids is 2. The highest BCUT2D eigenvalue weighted by Gasteiger charge is 2.32. The minimum absolute atomic E-state index is 0.0319. The molecule has 0 spiro atoms. The van der Waals surface area contributed by atoms with Gasteiger partial charge < -0.3 is 10.2 Å². The number of benzene rings is 3. The predicted molar refractivity (Wildman–Crippen MR) is 161 cm³/mol. The smallest absolute Gasteiger partial charge is 0.264 e. The molecular weight excluding hydrogens is 569 g/mol. The monoisotopic (exact) mass is 603 g/mol. The van der Waals surface area contributed by atoms with Crippen LogP contribution in [0, 0.1) is 13.8 Å². The third-order valence-electron chi connectivity index (χ3n) is 6.44. The zero-order valence-corrected chi connectivity index (χ0v) is 25.5. The van der Waals surface area contributed by atoms with Gasteiger partial charge in [-0.2, -0.15) is 0 Å². The number of hydrogen-bond donors (Lipinski definition) is 1. The van der Waals surface area contributed by atoms with Gasteiger partial charge in [0, 0.05) is 13.1 Å². The Labute approximate surface area is 247 Å². The molecule has 0 fully saturated rings. The van der Waals surface area contributed by atoms with E-state index in [-0.39, 0.29) is 17.3 Å². The number of hydrogen-bond acceptors (Lipinski definition) is 4. The molecule has 0 radical (unpaired) electrons. The summed E-state index contributed by atoms with van der Waals surface area (Å²) >= 11 is 12.3. The molecule has 0 unspecified atom stereocenters. The van der Waals surface area contributed by atoms with E-state index in [4.69, 9.17) is 23.2 Å². The standard InChI is InChI=1S/C30H35Cl2N3O4S/c1-5-6-14-33-30(37)23(4)34(19-24-12-13-27(31)28(32)18-24)29(36)20-35(25-16-21(2)15-22(3)17-25)40(38,39)26-10-8-7-9-11-26/h7-13,15-18,23H,5-6,14,19-20H2,1-4H3,(H,33,37)/t23-/m0/s1. The highest BCUT2D eigenvalue weighted by molar-refractivity contribution is 7.92. The number of sulfonamides is 1. The Morgan fingerprint density at radius 1 is 0.925 bits per heavy atom. The second-order valence-electron chi connectivity index (χ2n) is 9.76. The molecule has 3 rings (SSSR count). The molecule has 0 aromatic heterocycles. The van der Waals surface area contributed by atoms with E-state index >= 15 is 0 Å². The quantitative estimate of drug-likeness (QED) is 0.252. The molecule has 2 amide bonds. The number of nitrogens with zero attached hydrogens (tertiary/aromatic N) is 2. The largest absolute Gasteiger partial charge is 0.354 e. The van der Waals surface area contributed by atoms with Crippen molar-refractivity contribution in [1.29, 1.82) is 0 Å². The number of unbranched alkanes of at least 4 members (excludes halogenated alkanes) is 1. The maximum Gasteiger partial charge on any atom is 0.264 e. The van der Waals surface area contributed by atoms with Crippen molar-refractivity contribution in [1.82, 2.24) is 10.2 Å². The number of carbonyl (C=O) groups is 2. The molecule has 0 saturated heterocycles. The molecule has 0 aliphatic carbocycles. The SMILES string of the molecule is CCCCNC(=O)[C@H](C)N(Cc1ccc(Cl)c(Cl)c1)C(=O)CN(c1cc(C)cc(C)c1)S(=O)(=O)c1ccccc1. The van der Waals surface area contributed by atoms with E-state index < -0.39 is 28.5 Å². The summed E-state index contributed by atoms with van der Waals surface area (Å²) in [5.74, 6) is -0.867. The first kappa shape index (κ1) is 31.5. The van der Waals surface area contributed by atoms with Gasteiger partial charge in [0.15, 0.2) is 0 Å². The van der Waals surface area contributed by atoms with Crippen LogP contribution in [0.15, 0.2) is 71.6 Å². The third kappa shape index (κ3) is 7.99. The minimum Gasteiger partial charge on any atom is -0.354 e. The van der Waals surface area contributed by atoms with Crippen LogP contribution >= 0.6 is 23.2 Å². The molecule has 0 heterocycles. The Balaban J connectivity index is 2.03. The zero-order valence-electron chi connectivity index (χ0n) is 23.2. The predicted octanol–water partition coefficient (Wildman–Crippen LogP) is 6.14. The summed E-state index contributed by atoms with van der Waals surface area (Å²) in [6.07, 6.45) is 1.71. The highest BCUT2D eigenvalue weighted by Crippen LogP contribution is 2.27. The van der Waals surface area contributed by atoms with Crippen molar-refractivity contribution >= 4 is 50.7 Å². The van der Waals surface area contributed by atoms with Crippen molar-refractivity contribution in [3.8, 4) is 0 Å². The second-order valence-corrected chi connectivity index (χ2v) is 12.4. The molecule has 0 saturated carbocycles. The number of rotatable bonds is 12. The number of nitrogens with one attached hydrogen (secondary N) is 1.